The summed E-state index contributed by atoms with van der Waals surface area (Å²) in [7, 11) is 0. The van der Waals surface area contributed by atoms with E-state index in [4.69, 9.17) is 0 Å². The summed E-state index contributed by atoms with van der Waals surface area (Å²) in [5, 5.41) is 4.31. The largest absolute Gasteiger partial charge is 0.251 e. The van der Waals surface area contributed by atoms with Crippen LogP contribution in [0.5, 0.6) is 0 Å². The van der Waals surface area contributed by atoms with Crippen molar-refractivity contribution in [2.24, 2.45) is 0 Å². The number of hydrogen-bond acceptors (Lipinski definition) is 3. The standard InChI is InChI=1S/C12H10N4/c1-9-7-14-16-11(8-13-12(16)15-9)10-5-3-2-4-6-10/h2-8H,1H3. The third-order valence-electron chi connectivity index (χ3n) is 2.43. The predicted octanol–water partition coefficient (Wildman–Crippen LogP) is 2.10. The normalized spacial score (nSPS) is 10.8. The second-order valence-corrected chi connectivity index (χ2v) is 3.62. The van der Waals surface area contributed by atoms with Crippen LogP contribution in [0.2, 0.25) is 0 Å². The van der Waals surface area contributed by atoms with Gasteiger partial charge in [0.25, 0.3) is 5.78 Å². The molecule has 0 spiro atoms. The first-order valence-corrected chi connectivity index (χ1v) is 5.07. The Morgan fingerprint density at radius 3 is 2.69 bits per heavy atom. The van der Waals surface area contributed by atoms with Gasteiger partial charge in [0.1, 0.15) is 0 Å². The van der Waals surface area contributed by atoms with Gasteiger partial charge in [-0.25, -0.2) is 9.97 Å². The molecular formula is C12H10N4. The molecule has 0 fully saturated rings. The maximum Gasteiger partial charge on any atom is 0.251 e. The zero-order valence-electron chi connectivity index (χ0n) is 8.83. The third kappa shape index (κ3) is 1.35. The fraction of sp³-hybridized carbons (Fsp3) is 0.0833. The van der Waals surface area contributed by atoms with Crippen molar-refractivity contribution in [3.8, 4) is 11.3 Å². The summed E-state index contributed by atoms with van der Waals surface area (Å²) in [6, 6.07) is 10.0. The van der Waals surface area contributed by atoms with Crippen molar-refractivity contribution in [1.82, 2.24) is 19.6 Å². The molecule has 0 bridgehead atoms. The summed E-state index contributed by atoms with van der Waals surface area (Å²) in [6.45, 7) is 1.91. The first-order chi connectivity index (χ1) is 7.84. The molecule has 0 atom stereocenters. The fourth-order valence-corrected chi connectivity index (χ4v) is 1.66. The van der Waals surface area contributed by atoms with Crippen molar-refractivity contribution in [2.45, 2.75) is 6.92 Å². The van der Waals surface area contributed by atoms with Crippen LogP contribution in [0.25, 0.3) is 17.0 Å². The molecular weight excluding hydrogens is 200 g/mol. The molecule has 3 aromatic rings. The van der Waals surface area contributed by atoms with Crippen molar-refractivity contribution in [1.29, 1.82) is 0 Å². The molecule has 4 heteroatoms. The van der Waals surface area contributed by atoms with Crippen LogP contribution in [-0.2, 0) is 0 Å². The van der Waals surface area contributed by atoms with Gasteiger partial charge in [-0.2, -0.15) is 9.61 Å². The maximum atomic E-state index is 4.31. The lowest BCUT2D eigenvalue weighted by molar-refractivity contribution is 0.890. The fourth-order valence-electron chi connectivity index (χ4n) is 1.66. The Hall–Kier alpha value is -2.23. The molecule has 0 N–H and O–H groups in total. The highest BCUT2D eigenvalue weighted by Gasteiger charge is 2.06. The lowest BCUT2D eigenvalue weighted by atomic mass is 10.2. The van der Waals surface area contributed by atoms with Gasteiger partial charge < -0.3 is 0 Å². The van der Waals surface area contributed by atoms with Crippen LogP contribution in [0.3, 0.4) is 0 Å². The van der Waals surface area contributed by atoms with Gasteiger partial charge in [0, 0.05) is 5.56 Å². The van der Waals surface area contributed by atoms with E-state index in [9.17, 15) is 0 Å². The first-order valence-electron chi connectivity index (χ1n) is 5.07. The van der Waals surface area contributed by atoms with Crippen molar-refractivity contribution in [2.75, 3.05) is 0 Å². The highest BCUT2D eigenvalue weighted by Crippen LogP contribution is 2.18. The molecule has 2 heterocycles. The van der Waals surface area contributed by atoms with E-state index in [1.54, 1.807) is 16.9 Å². The summed E-state index contributed by atoms with van der Waals surface area (Å²) >= 11 is 0. The second-order valence-electron chi connectivity index (χ2n) is 3.62. The predicted molar refractivity (Wildman–Crippen MR) is 61.0 cm³/mol. The minimum absolute atomic E-state index is 0.638. The van der Waals surface area contributed by atoms with E-state index >= 15 is 0 Å². The average molecular weight is 210 g/mol. The van der Waals surface area contributed by atoms with Crippen molar-refractivity contribution >= 4 is 5.78 Å². The minimum atomic E-state index is 0.638. The van der Waals surface area contributed by atoms with Gasteiger partial charge in [-0.15, -0.1) is 0 Å². The van der Waals surface area contributed by atoms with Crippen molar-refractivity contribution in [3.63, 3.8) is 0 Å². The van der Waals surface area contributed by atoms with Crippen LogP contribution < -0.4 is 0 Å². The van der Waals surface area contributed by atoms with E-state index < -0.39 is 0 Å². The molecule has 0 saturated carbocycles. The Kier molecular flexibility index (Phi) is 1.93. The minimum Gasteiger partial charge on any atom is -0.217 e. The third-order valence-corrected chi connectivity index (χ3v) is 2.43. The Morgan fingerprint density at radius 2 is 1.88 bits per heavy atom. The molecule has 1 aromatic carbocycles. The van der Waals surface area contributed by atoms with Gasteiger partial charge in [-0.3, -0.25) is 0 Å². The monoisotopic (exact) mass is 210 g/mol. The van der Waals surface area contributed by atoms with E-state index in [2.05, 4.69) is 15.1 Å². The summed E-state index contributed by atoms with van der Waals surface area (Å²) in [5.74, 6) is 0.638. The van der Waals surface area contributed by atoms with Gasteiger partial charge in [0.05, 0.1) is 23.8 Å². The smallest absolute Gasteiger partial charge is 0.217 e. The highest BCUT2D eigenvalue weighted by atomic mass is 15.3. The van der Waals surface area contributed by atoms with Crippen LogP contribution in [-0.4, -0.2) is 19.6 Å². The van der Waals surface area contributed by atoms with Crippen LogP contribution in [0, 0.1) is 6.92 Å². The molecule has 3 rings (SSSR count). The number of aryl methyl sites for hydroxylation is 1. The van der Waals surface area contributed by atoms with Crippen LogP contribution >= 0.6 is 0 Å². The Balaban J connectivity index is 2.26. The molecule has 0 radical (unpaired) electrons. The number of nitrogens with zero attached hydrogens (tertiary/aromatic N) is 4. The number of hydrogen-bond donors (Lipinski definition) is 0. The zero-order chi connectivity index (χ0) is 11.0. The number of imidazole rings is 1. The topological polar surface area (TPSA) is 43.1 Å². The lowest BCUT2D eigenvalue weighted by Crippen LogP contribution is -1.97. The molecule has 0 aliphatic heterocycles. The molecule has 0 aliphatic carbocycles. The average Bonchev–Trinajstić information content (AvgIpc) is 2.73. The van der Waals surface area contributed by atoms with Gasteiger partial charge in [-0.1, -0.05) is 30.3 Å². The molecule has 0 saturated heterocycles. The van der Waals surface area contributed by atoms with Gasteiger partial charge in [0.2, 0.25) is 0 Å². The van der Waals surface area contributed by atoms with Crippen LogP contribution in [0.15, 0.2) is 42.7 Å². The lowest BCUT2D eigenvalue weighted by Gasteiger charge is -1.99. The first kappa shape index (κ1) is 9.03. The van der Waals surface area contributed by atoms with Gasteiger partial charge in [-0.05, 0) is 6.92 Å². The van der Waals surface area contributed by atoms with Crippen LogP contribution in [0.4, 0.5) is 0 Å². The van der Waals surface area contributed by atoms with E-state index in [-0.39, 0.29) is 0 Å². The highest BCUT2D eigenvalue weighted by molar-refractivity contribution is 5.61. The summed E-state index contributed by atoms with van der Waals surface area (Å²) in [6.07, 6.45) is 3.53. The Labute approximate surface area is 92.6 Å². The number of aromatic nitrogens is 4. The van der Waals surface area contributed by atoms with Crippen LogP contribution in [0.1, 0.15) is 5.69 Å². The molecule has 0 unspecified atom stereocenters. The Bertz CT molecular complexity index is 628. The molecule has 16 heavy (non-hydrogen) atoms. The molecule has 78 valence electrons. The zero-order valence-corrected chi connectivity index (χ0v) is 8.83. The second kappa shape index (κ2) is 3.41. The number of fused-ring (bicyclic) bond motifs is 1. The maximum absolute atomic E-state index is 4.31. The van der Waals surface area contributed by atoms with Crippen molar-refractivity contribution in [3.05, 3.63) is 48.4 Å². The van der Waals surface area contributed by atoms with E-state index in [1.807, 2.05) is 37.3 Å². The molecule has 2 aromatic heterocycles. The summed E-state index contributed by atoms with van der Waals surface area (Å²) in [4.78, 5) is 8.56. The molecule has 4 nitrogen and oxygen atoms in total. The number of rotatable bonds is 1. The molecule has 0 amide bonds. The quantitative estimate of drug-likeness (QED) is 0.617. The summed E-state index contributed by atoms with van der Waals surface area (Å²) < 4.78 is 1.75. The van der Waals surface area contributed by atoms with Gasteiger partial charge >= 0.3 is 0 Å². The van der Waals surface area contributed by atoms with Crippen molar-refractivity contribution < 1.29 is 0 Å². The van der Waals surface area contributed by atoms with E-state index in [1.165, 1.54) is 0 Å². The summed E-state index contributed by atoms with van der Waals surface area (Å²) in [5.41, 5.74) is 2.92. The van der Waals surface area contributed by atoms with E-state index in [0.29, 0.717) is 5.78 Å². The SMILES string of the molecule is Cc1cnn2c(-c3ccccc3)cnc2n1. The van der Waals surface area contributed by atoms with E-state index in [0.717, 1.165) is 17.0 Å². The van der Waals surface area contributed by atoms with Gasteiger partial charge in [0.15, 0.2) is 0 Å². The number of benzene rings is 1. The molecule has 0 aliphatic rings. The Morgan fingerprint density at radius 1 is 1.06 bits per heavy atom.